The summed E-state index contributed by atoms with van der Waals surface area (Å²) in [6.07, 6.45) is 1.04. The minimum absolute atomic E-state index is 0.159. The predicted molar refractivity (Wildman–Crippen MR) is 90.5 cm³/mol. The van der Waals surface area contributed by atoms with Gasteiger partial charge in [0, 0.05) is 44.3 Å². The molecule has 3 heteroatoms. The third-order valence-electron chi connectivity index (χ3n) is 4.67. The van der Waals surface area contributed by atoms with E-state index in [1.807, 2.05) is 0 Å². The van der Waals surface area contributed by atoms with Crippen LogP contribution in [-0.4, -0.2) is 48.1 Å². The van der Waals surface area contributed by atoms with Gasteiger partial charge in [-0.1, -0.05) is 24.3 Å². The van der Waals surface area contributed by atoms with Gasteiger partial charge in [-0.3, -0.25) is 4.90 Å². The lowest BCUT2D eigenvalue weighted by molar-refractivity contribution is 0.0611. The van der Waals surface area contributed by atoms with Crippen LogP contribution in [0.3, 0.4) is 0 Å². The zero-order chi connectivity index (χ0) is 15.5. The molecular formula is C18H31N3. The van der Waals surface area contributed by atoms with Gasteiger partial charge in [0.15, 0.2) is 0 Å². The van der Waals surface area contributed by atoms with Crippen LogP contribution in [0.2, 0.25) is 0 Å². The lowest BCUT2D eigenvalue weighted by Gasteiger charge is -2.42. The van der Waals surface area contributed by atoms with Gasteiger partial charge in [0.25, 0.3) is 0 Å². The van der Waals surface area contributed by atoms with Gasteiger partial charge in [0.1, 0.15) is 0 Å². The number of hydrogen-bond acceptors (Lipinski definition) is 3. The molecule has 0 saturated carbocycles. The molecule has 1 aromatic rings. The number of piperazine rings is 1. The molecule has 118 valence electrons. The molecule has 0 spiro atoms. The van der Waals surface area contributed by atoms with Crippen LogP contribution in [0.1, 0.15) is 44.4 Å². The molecule has 1 aliphatic heterocycles. The Morgan fingerprint density at radius 2 is 1.71 bits per heavy atom. The first-order chi connectivity index (χ1) is 9.88. The second kappa shape index (κ2) is 6.91. The van der Waals surface area contributed by atoms with Crippen LogP contribution >= 0.6 is 0 Å². The lowest BCUT2D eigenvalue weighted by atomic mass is 9.99. The van der Waals surface area contributed by atoms with Gasteiger partial charge in [-0.25, -0.2) is 0 Å². The van der Waals surface area contributed by atoms with Crippen molar-refractivity contribution in [3.05, 3.63) is 35.4 Å². The molecule has 1 saturated heterocycles. The maximum atomic E-state index is 6.37. The maximum absolute atomic E-state index is 6.37. The minimum atomic E-state index is 0.159. The van der Waals surface area contributed by atoms with Crippen molar-refractivity contribution >= 4 is 0 Å². The second-order valence-corrected chi connectivity index (χ2v) is 7.25. The molecule has 0 radical (unpaired) electrons. The van der Waals surface area contributed by atoms with Crippen LogP contribution < -0.4 is 5.73 Å². The van der Waals surface area contributed by atoms with Crippen molar-refractivity contribution in [3.8, 4) is 0 Å². The quantitative estimate of drug-likeness (QED) is 0.925. The summed E-state index contributed by atoms with van der Waals surface area (Å²) in [4.78, 5) is 5.13. The molecule has 0 bridgehead atoms. The zero-order valence-corrected chi connectivity index (χ0v) is 14.1. The molecule has 0 aliphatic carbocycles. The second-order valence-electron chi connectivity index (χ2n) is 7.25. The lowest BCUT2D eigenvalue weighted by Crippen LogP contribution is -2.53. The fourth-order valence-corrected chi connectivity index (χ4v) is 3.12. The van der Waals surface area contributed by atoms with E-state index in [-0.39, 0.29) is 6.04 Å². The normalized spacial score (nSPS) is 19.7. The predicted octanol–water partition coefficient (Wildman–Crippen LogP) is 2.80. The third-order valence-corrected chi connectivity index (χ3v) is 4.67. The van der Waals surface area contributed by atoms with Crippen LogP contribution in [0.15, 0.2) is 24.3 Å². The average molecular weight is 289 g/mol. The number of nitrogens with zero attached hydrogens (tertiary/aromatic N) is 2. The molecule has 1 heterocycles. The number of hydrogen-bond donors (Lipinski definition) is 1. The highest BCUT2D eigenvalue weighted by Gasteiger charge is 2.25. The molecule has 21 heavy (non-hydrogen) atoms. The van der Waals surface area contributed by atoms with Gasteiger partial charge in [-0.05, 0) is 45.2 Å². The Labute approximate surface area is 130 Å². The third kappa shape index (κ3) is 4.53. The largest absolute Gasteiger partial charge is 0.324 e. The average Bonchev–Trinajstić information content (AvgIpc) is 2.45. The van der Waals surface area contributed by atoms with Crippen LogP contribution in [0, 0.1) is 6.92 Å². The standard InChI is InChI=1S/C18H31N3/c1-15-7-5-6-8-16(15)17(19)9-10-20-11-13-21(14-12-20)18(2,3)4/h5-8,17H,9-14,19H2,1-4H3. The van der Waals surface area contributed by atoms with Gasteiger partial charge >= 0.3 is 0 Å². The monoisotopic (exact) mass is 289 g/mol. The van der Waals surface area contributed by atoms with E-state index in [4.69, 9.17) is 5.73 Å². The van der Waals surface area contributed by atoms with Crippen LogP contribution in [0.25, 0.3) is 0 Å². The Kier molecular flexibility index (Phi) is 5.42. The molecule has 1 aliphatic rings. The molecule has 1 unspecified atom stereocenters. The van der Waals surface area contributed by atoms with E-state index in [9.17, 15) is 0 Å². The van der Waals surface area contributed by atoms with Gasteiger partial charge in [-0.15, -0.1) is 0 Å². The fraction of sp³-hybridized carbons (Fsp3) is 0.667. The molecule has 1 aromatic carbocycles. The van der Waals surface area contributed by atoms with E-state index < -0.39 is 0 Å². The van der Waals surface area contributed by atoms with Crippen molar-refractivity contribution in [1.29, 1.82) is 0 Å². The van der Waals surface area contributed by atoms with Gasteiger partial charge < -0.3 is 10.6 Å². The number of nitrogens with two attached hydrogens (primary N) is 1. The summed E-state index contributed by atoms with van der Waals surface area (Å²) in [7, 11) is 0. The van der Waals surface area contributed by atoms with Crippen LogP contribution in [0.5, 0.6) is 0 Å². The first-order valence-corrected chi connectivity index (χ1v) is 8.16. The Morgan fingerprint density at radius 3 is 2.29 bits per heavy atom. The van der Waals surface area contributed by atoms with Crippen molar-refractivity contribution in [1.82, 2.24) is 9.80 Å². The zero-order valence-electron chi connectivity index (χ0n) is 14.1. The summed E-state index contributed by atoms with van der Waals surface area (Å²) in [5.41, 5.74) is 9.27. The smallest absolute Gasteiger partial charge is 0.0309 e. The van der Waals surface area contributed by atoms with Crippen molar-refractivity contribution in [3.63, 3.8) is 0 Å². The molecule has 2 N–H and O–H groups in total. The van der Waals surface area contributed by atoms with E-state index >= 15 is 0 Å². The Bertz CT molecular complexity index is 442. The van der Waals surface area contributed by atoms with E-state index in [0.29, 0.717) is 5.54 Å². The van der Waals surface area contributed by atoms with Crippen molar-refractivity contribution in [2.45, 2.75) is 45.7 Å². The minimum Gasteiger partial charge on any atom is -0.324 e. The summed E-state index contributed by atoms with van der Waals surface area (Å²) < 4.78 is 0. The summed E-state index contributed by atoms with van der Waals surface area (Å²) in [6.45, 7) is 14.8. The highest BCUT2D eigenvalue weighted by Crippen LogP contribution is 2.20. The Hall–Kier alpha value is -0.900. The van der Waals surface area contributed by atoms with Crippen molar-refractivity contribution in [2.75, 3.05) is 32.7 Å². The van der Waals surface area contributed by atoms with Gasteiger partial charge in [-0.2, -0.15) is 0 Å². The van der Waals surface area contributed by atoms with E-state index in [2.05, 4.69) is 61.8 Å². The molecule has 0 amide bonds. The van der Waals surface area contributed by atoms with Gasteiger partial charge in [0.2, 0.25) is 0 Å². The Balaban J connectivity index is 1.79. The molecule has 0 aromatic heterocycles. The first kappa shape index (κ1) is 16.5. The summed E-state index contributed by atoms with van der Waals surface area (Å²) >= 11 is 0. The summed E-state index contributed by atoms with van der Waals surface area (Å²) in [5, 5.41) is 0. The highest BCUT2D eigenvalue weighted by molar-refractivity contribution is 5.28. The molecule has 3 nitrogen and oxygen atoms in total. The molecular weight excluding hydrogens is 258 g/mol. The SMILES string of the molecule is Cc1ccccc1C(N)CCN1CCN(C(C)(C)C)CC1. The summed E-state index contributed by atoms with van der Waals surface area (Å²) in [6, 6.07) is 8.64. The van der Waals surface area contributed by atoms with Crippen molar-refractivity contribution in [2.24, 2.45) is 5.73 Å². The molecule has 1 atom stereocenters. The number of rotatable bonds is 4. The molecule has 2 rings (SSSR count). The van der Waals surface area contributed by atoms with E-state index in [1.165, 1.54) is 24.2 Å². The molecule has 1 fully saturated rings. The van der Waals surface area contributed by atoms with E-state index in [1.54, 1.807) is 0 Å². The fourth-order valence-electron chi connectivity index (χ4n) is 3.12. The summed E-state index contributed by atoms with van der Waals surface area (Å²) in [5.74, 6) is 0. The number of aryl methyl sites for hydroxylation is 1. The number of benzene rings is 1. The van der Waals surface area contributed by atoms with E-state index in [0.717, 1.165) is 26.1 Å². The highest BCUT2D eigenvalue weighted by atomic mass is 15.3. The maximum Gasteiger partial charge on any atom is 0.0309 e. The van der Waals surface area contributed by atoms with Gasteiger partial charge in [0.05, 0.1) is 0 Å². The first-order valence-electron chi connectivity index (χ1n) is 8.16. The van der Waals surface area contributed by atoms with Crippen LogP contribution in [0.4, 0.5) is 0 Å². The Morgan fingerprint density at radius 1 is 1.10 bits per heavy atom. The van der Waals surface area contributed by atoms with Crippen LogP contribution in [-0.2, 0) is 0 Å². The topological polar surface area (TPSA) is 32.5 Å². The van der Waals surface area contributed by atoms with Crippen molar-refractivity contribution < 1.29 is 0 Å².